The molecule has 17 heavy (non-hydrogen) atoms. The van der Waals surface area contributed by atoms with Crippen molar-refractivity contribution in [3.8, 4) is 0 Å². The van der Waals surface area contributed by atoms with E-state index < -0.39 is 0 Å². The lowest BCUT2D eigenvalue weighted by Gasteiger charge is -2.22. The van der Waals surface area contributed by atoms with Crippen molar-refractivity contribution in [3.63, 3.8) is 0 Å². The summed E-state index contributed by atoms with van der Waals surface area (Å²) >= 11 is 0. The van der Waals surface area contributed by atoms with Crippen molar-refractivity contribution in [2.24, 2.45) is 0 Å². The van der Waals surface area contributed by atoms with Crippen LogP contribution in [-0.4, -0.2) is 21.9 Å². The molecule has 0 aromatic carbocycles. The third-order valence-electron chi connectivity index (χ3n) is 3.90. The number of hydrogen-bond acceptors (Lipinski definition) is 1. The van der Waals surface area contributed by atoms with Gasteiger partial charge in [-0.25, -0.2) is 0 Å². The number of unbranched alkanes of at least 4 members (excludes halogenated alkanes) is 7. The summed E-state index contributed by atoms with van der Waals surface area (Å²) in [5.74, 6) is 0. The molecule has 0 aromatic heterocycles. The number of ether oxygens (including phenoxy) is 1. The Morgan fingerprint density at radius 3 is 2.29 bits per heavy atom. The second kappa shape index (κ2) is 11.3. The molecule has 0 aliphatic carbocycles. The van der Waals surface area contributed by atoms with Gasteiger partial charge in [0.05, 0.1) is 9.52 Å². The zero-order chi connectivity index (χ0) is 12.2. The minimum atomic E-state index is 0.0957. The molecule has 0 aromatic rings. The minimum absolute atomic E-state index is 0.0957. The molecule has 0 bridgehead atoms. The lowest BCUT2D eigenvalue weighted by atomic mass is 10.1. The van der Waals surface area contributed by atoms with Gasteiger partial charge in [0.1, 0.15) is 0 Å². The van der Waals surface area contributed by atoms with Crippen molar-refractivity contribution in [1.29, 1.82) is 0 Å². The Hall–Kier alpha value is 0.177. The molecule has 1 aliphatic heterocycles. The second-order valence-corrected chi connectivity index (χ2v) is 7.80. The summed E-state index contributed by atoms with van der Waals surface area (Å²) in [6, 6.07) is 1.53. The van der Waals surface area contributed by atoms with E-state index in [-0.39, 0.29) is 9.52 Å². The lowest BCUT2D eigenvalue weighted by molar-refractivity contribution is 0.0649. The molecular formula is C15H32OSi. The van der Waals surface area contributed by atoms with Crippen molar-refractivity contribution in [2.75, 3.05) is 6.61 Å². The summed E-state index contributed by atoms with van der Waals surface area (Å²) in [7, 11) is 0.0957. The third kappa shape index (κ3) is 8.84. The molecule has 0 amide bonds. The average Bonchev–Trinajstić information content (AvgIpc) is 2.38. The summed E-state index contributed by atoms with van der Waals surface area (Å²) in [4.78, 5) is 0. The third-order valence-corrected chi connectivity index (χ3v) is 6.10. The molecular weight excluding hydrogens is 224 g/mol. The van der Waals surface area contributed by atoms with Crippen LogP contribution in [0, 0.1) is 0 Å². The first kappa shape index (κ1) is 15.2. The van der Waals surface area contributed by atoms with E-state index in [1.54, 1.807) is 0 Å². The van der Waals surface area contributed by atoms with Crippen molar-refractivity contribution in [2.45, 2.75) is 89.3 Å². The Morgan fingerprint density at radius 2 is 1.65 bits per heavy atom. The van der Waals surface area contributed by atoms with Crippen LogP contribution in [0.1, 0.15) is 77.6 Å². The fraction of sp³-hybridized carbons (Fsp3) is 1.00. The van der Waals surface area contributed by atoms with E-state index in [1.165, 1.54) is 76.7 Å². The molecule has 1 aliphatic rings. The number of rotatable bonds is 10. The van der Waals surface area contributed by atoms with Gasteiger partial charge in [-0.3, -0.25) is 0 Å². The lowest BCUT2D eigenvalue weighted by Crippen LogP contribution is -2.25. The molecule has 0 saturated carbocycles. The average molecular weight is 257 g/mol. The van der Waals surface area contributed by atoms with Gasteiger partial charge in [0.25, 0.3) is 0 Å². The predicted octanol–water partition coefficient (Wildman–Crippen LogP) is 4.24. The highest BCUT2D eigenvalue weighted by atomic mass is 28.2. The first-order chi connectivity index (χ1) is 8.43. The quantitative estimate of drug-likeness (QED) is 0.419. The molecule has 1 heterocycles. The standard InChI is InChI=1S/C15H32OSi/c1-2-3-4-5-6-7-8-11-14-17-15-12-9-10-13-16-15/h15H,2-14,17H2,1H3. The van der Waals surface area contributed by atoms with Crippen molar-refractivity contribution < 1.29 is 4.74 Å². The van der Waals surface area contributed by atoms with Gasteiger partial charge >= 0.3 is 0 Å². The Balaban J connectivity index is 1.75. The van der Waals surface area contributed by atoms with Crippen LogP contribution in [0.15, 0.2) is 0 Å². The molecule has 1 atom stereocenters. The van der Waals surface area contributed by atoms with Gasteiger partial charge in [0, 0.05) is 12.3 Å². The van der Waals surface area contributed by atoms with Crippen LogP contribution in [-0.2, 0) is 4.74 Å². The summed E-state index contributed by atoms with van der Waals surface area (Å²) in [5, 5.41) is 0. The molecule has 1 unspecified atom stereocenters. The molecule has 0 N–H and O–H groups in total. The maximum Gasteiger partial charge on any atom is 0.0555 e. The van der Waals surface area contributed by atoms with E-state index in [1.807, 2.05) is 0 Å². The molecule has 1 saturated heterocycles. The first-order valence-corrected chi connectivity index (χ1v) is 9.86. The van der Waals surface area contributed by atoms with Crippen molar-refractivity contribution in [1.82, 2.24) is 0 Å². The fourth-order valence-corrected chi connectivity index (χ4v) is 4.73. The summed E-state index contributed by atoms with van der Waals surface area (Å²) < 4.78 is 5.81. The van der Waals surface area contributed by atoms with E-state index >= 15 is 0 Å². The van der Waals surface area contributed by atoms with Gasteiger partial charge < -0.3 is 4.74 Å². The topological polar surface area (TPSA) is 9.23 Å². The maximum absolute atomic E-state index is 5.81. The highest BCUT2D eigenvalue weighted by molar-refractivity contribution is 6.37. The molecule has 1 fully saturated rings. The maximum atomic E-state index is 5.81. The van der Waals surface area contributed by atoms with Crippen LogP contribution in [0.25, 0.3) is 0 Å². The first-order valence-electron chi connectivity index (χ1n) is 8.05. The molecule has 0 spiro atoms. The Morgan fingerprint density at radius 1 is 0.941 bits per heavy atom. The molecule has 0 radical (unpaired) electrons. The van der Waals surface area contributed by atoms with Gasteiger partial charge in [-0.05, 0) is 19.3 Å². The normalized spacial score (nSPS) is 21.4. The van der Waals surface area contributed by atoms with Gasteiger partial charge in [-0.2, -0.15) is 0 Å². The zero-order valence-corrected chi connectivity index (χ0v) is 13.3. The van der Waals surface area contributed by atoms with Crippen LogP contribution in [0.4, 0.5) is 0 Å². The zero-order valence-electron chi connectivity index (χ0n) is 11.9. The van der Waals surface area contributed by atoms with Gasteiger partial charge in [0.15, 0.2) is 0 Å². The summed E-state index contributed by atoms with van der Waals surface area (Å²) in [6.45, 7) is 3.34. The SMILES string of the molecule is CCCCCCCCCC[SiH2]C1CCCCO1. The van der Waals surface area contributed by atoms with E-state index in [0.29, 0.717) is 0 Å². The molecule has 2 heteroatoms. The summed E-state index contributed by atoms with van der Waals surface area (Å²) in [5.41, 5.74) is 0.744. The van der Waals surface area contributed by atoms with Gasteiger partial charge in [0.2, 0.25) is 0 Å². The highest BCUT2D eigenvalue weighted by Gasteiger charge is 2.12. The van der Waals surface area contributed by atoms with Crippen LogP contribution < -0.4 is 0 Å². The van der Waals surface area contributed by atoms with Crippen molar-refractivity contribution in [3.05, 3.63) is 0 Å². The smallest absolute Gasteiger partial charge is 0.0555 e. The number of hydrogen-bond donors (Lipinski definition) is 0. The minimum Gasteiger partial charge on any atom is -0.382 e. The molecule has 1 nitrogen and oxygen atoms in total. The Labute approximate surface area is 111 Å². The Kier molecular flexibility index (Phi) is 10.1. The van der Waals surface area contributed by atoms with E-state index in [2.05, 4.69) is 6.92 Å². The van der Waals surface area contributed by atoms with E-state index in [0.717, 1.165) is 12.3 Å². The summed E-state index contributed by atoms with van der Waals surface area (Å²) in [6.07, 6.45) is 15.8. The molecule has 1 rings (SSSR count). The second-order valence-electron chi connectivity index (χ2n) is 5.61. The van der Waals surface area contributed by atoms with E-state index in [9.17, 15) is 0 Å². The largest absolute Gasteiger partial charge is 0.382 e. The van der Waals surface area contributed by atoms with Crippen LogP contribution in [0.5, 0.6) is 0 Å². The monoisotopic (exact) mass is 256 g/mol. The van der Waals surface area contributed by atoms with Crippen LogP contribution in [0.2, 0.25) is 6.04 Å². The Bertz CT molecular complexity index is 155. The van der Waals surface area contributed by atoms with Crippen molar-refractivity contribution >= 4 is 9.52 Å². The van der Waals surface area contributed by atoms with Gasteiger partial charge in [-0.15, -0.1) is 0 Å². The predicted molar refractivity (Wildman–Crippen MR) is 79.6 cm³/mol. The fourth-order valence-electron chi connectivity index (χ4n) is 2.72. The van der Waals surface area contributed by atoms with Crippen LogP contribution in [0.3, 0.4) is 0 Å². The van der Waals surface area contributed by atoms with Crippen LogP contribution >= 0.6 is 0 Å². The van der Waals surface area contributed by atoms with E-state index in [4.69, 9.17) is 4.74 Å². The molecule has 102 valence electrons. The highest BCUT2D eigenvalue weighted by Crippen LogP contribution is 2.14. The van der Waals surface area contributed by atoms with Gasteiger partial charge in [-0.1, -0.05) is 64.3 Å².